The monoisotopic (exact) mass is 395 g/mol. The van der Waals surface area contributed by atoms with Crippen molar-refractivity contribution in [3.8, 4) is 5.75 Å². The minimum absolute atomic E-state index is 0.0662. The molecule has 0 bridgehead atoms. The van der Waals surface area contributed by atoms with E-state index in [4.69, 9.17) is 4.74 Å². The van der Waals surface area contributed by atoms with Crippen molar-refractivity contribution in [2.75, 3.05) is 39.8 Å². The maximum Gasteiger partial charge on any atom is 0.270 e. The molecule has 154 valence electrons. The first-order valence-electron chi connectivity index (χ1n) is 10.2. The molecule has 29 heavy (non-hydrogen) atoms. The van der Waals surface area contributed by atoms with Gasteiger partial charge in [-0.25, -0.2) is 4.98 Å². The van der Waals surface area contributed by atoms with Crippen LogP contribution in [-0.4, -0.2) is 70.1 Å². The Morgan fingerprint density at radius 3 is 2.69 bits per heavy atom. The van der Waals surface area contributed by atoms with E-state index in [1.54, 1.807) is 7.11 Å². The zero-order valence-corrected chi connectivity index (χ0v) is 17.4. The molecule has 1 amide bonds. The second kappa shape index (κ2) is 8.29. The zero-order chi connectivity index (χ0) is 20.4. The maximum absolute atomic E-state index is 12.9. The molecule has 4 rings (SSSR count). The Balaban J connectivity index is 1.33. The van der Waals surface area contributed by atoms with E-state index >= 15 is 0 Å². The number of aromatic nitrogens is 3. The van der Waals surface area contributed by atoms with Gasteiger partial charge in [0.2, 0.25) is 0 Å². The number of imidazole rings is 1. The number of carbonyl (C=O) groups is 1. The van der Waals surface area contributed by atoms with Crippen molar-refractivity contribution in [1.82, 2.24) is 24.3 Å². The van der Waals surface area contributed by atoms with E-state index in [2.05, 4.69) is 39.5 Å². The number of carbonyl (C=O) groups excluding carboxylic acids is 1. The van der Waals surface area contributed by atoms with Crippen molar-refractivity contribution in [3.05, 3.63) is 48.2 Å². The van der Waals surface area contributed by atoms with Crippen LogP contribution in [0, 0.1) is 0 Å². The second-order valence-corrected chi connectivity index (χ2v) is 7.90. The average Bonchev–Trinajstić information content (AvgIpc) is 3.38. The van der Waals surface area contributed by atoms with Crippen molar-refractivity contribution in [2.45, 2.75) is 26.3 Å². The Hall–Kier alpha value is -2.80. The topological polar surface area (TPSA) is 66.4 Å². The van der Waals surface area contributed by atoms with Crippen LogP contribution in [0.1, 0.15) is 36.1 Å². The number of hydrogen-bond donors (Lipinski definition) is 1. The third kappa shape index (κ3) is 4.15. The summed E-state index contributed by atoms with van der Waals surface area (Å²) in [6.45, 7) is 9.54. The van der Waals surface area contributed by atoms with E-state index in [-0.39, 0.29) is 5.91 Å². The molecule has 2 aromatic heterocycles. The predicted octanol–water partition coefficient (Wildman–Crippen LogP) is 2.95. The molecule has 3 aromatic rings. The molecule has 7 heteroatoms. The molecule has 1 aliphatic heterocycles. The minimum Gasteiger partial charge on any atom is -0.497 e. The van der Waals surface area contributed by atoms with E-state index in [0.717, 1.165) is 61.7 Å². The summed E-state index contributed by atoms with van der Waals surface area (Å²) in [5, 5.41) is 1.02. The first kappa shape index (κ1) is 19.5. The van der Waals surface area contributed by atoms with Crippen molar-refractivity contribution in [1.29, 1.82) is 0 Å². The first-order chi connectivity index (χ1) is 14.0. The molecule has 0 unspecified atom stereocenters. The number of piperazine rings is 1. The highest BCUT2D eigenvalue weighted by Crippen LogP contribution is 2.22. The van der Waals surface area contributed by atoms with Crippen molar-refractivity contribution < 1.29 is 9.53 Å². The van der Waals surface area contributed by atoms with Gasteiger partial charge in [-0.05, 0) is 18.2 Å². The smallest absolute Gasteiger partial charge is 0.270 e. The normalized spacial score (nSPS) is 15.4. The van der Waals surface area contributed by atoms with Gasteiger partial charge < -0.3 is 19.2 Å². The molecule has 1 saturated heterocycles. The Kier molecular flexibility index (Phi) is 5.58. The Morgan fingerprint density at radius 1 is 1.17 bits per heavy atom. The van der Waals surface area contributed by atoms with Crippen LogP contribution < -0.4 is 4.74 Å². The molecule has 1 fully saturated rings. The van der Waals surface area contributed by atoms with E-state index in [0.29, 0.717) is 11.6 Å². The lowest BCUT2D eigenvalue weighted by Crippen LogP contribution is -2.49. The number of H-pyrrole nitrogens is 1. The van der Waals surface area contributed by atoms with Crippen molar-refractivity contribution in [3.63, 3.8) is 0 Å². The van der Waals surface area contributed by atoms with Gasteiger partial charge in [-0.2, -0.15) is 0 Å². The number of nitrogens with zero attached hydrogens (tertiary/aromatic N) is 4. The van der Waals surface area contributed by atoms with Gasteiger partial charge in [0.15, 0.2) is 0 Å². The van der Waals surface area contributed by atoms with E-state index in [1.165, 1.54) is 0 Å². The van der Waals surface area contributed by atoms with Crippen LogP contribution in [0.3, 0.4) is 0 Å². The first-order valence-corrected chi connectivity index (χ1v) is 10.2. The Labute approximate surface area is 171 Å². The highest BCUT2D eigenvalue weighted by molar-refractivity contribution is 5.98. The fourth-order valence-corrected chi connectivity index (χ4v) is 3.95. The van der Waals surface area contributed by atoms with Crippen LogP contribution >= 0.6 is 0 Å². The third-order valence-electron chi connectivity index (χ3n) is 5.64. The van der Waals surface area contributed by atoms with Crippen LogP contribution in [-0.2, 0) is 6.54 Å². The summed E-state index contributed by atoms with van der Waals surface area (Å²) in [4.78, 5) is 25.0. The number of ether oxygens (including phenoxy) is 1. The molecule has 0 saturated carbocycles. The van der Waals surface area contributed by atoms with E-state index in [9.17, 15) is 4.79 Å². The SMILES string of the molecule is COc1ccc2cc(C(=O)N3CCN(CCn4ccnc4C(C)C)CC3)[nH]c2c1. The molecule has 3 heterocycles. The number of benzene rings is 1. The molecule has 1 aromatic carbocycles. The molecule has 0 atom stereocenters. The third-order valence-corrected chi connectivity index (χ3v) is 5.64. The summed E-state index contributed by atoms with van der Waals surface area (Å²) in [7, 11) is 1.64. The summed E-state index contributed by atoms with van der Waals surface area (Å²) < 4.78 is 7.50. The van der Waals surface area contributed by atoms with Gasteiger partial charge in [-0.15, -0.1) is 0 Å². The molecule has 1 N–H and O–H groups in total. The summed E-state index contributed by atoms with van der Waals surface area (Å²) in [6.07, 6.45) is 3.93. The quantitative estimate of drug-likeness (QED) is 0.697. The summed E-state index contributed by atoms with van der Waals surface area (Å²) in [6, 6.07) is 7.73. The lowest BCUT2D eigenvalue weighted by atomic mass is 10.2. The molecule has 0 radical (unpaired) electrons. The molecule has 0 aliphatic carbocycles. The van der Waals surface area contributed by atoms with Crippen molar-refractivity contribution in [2.24, 2.45) is 0 Å². The van der Waals surface area contributed by atoms with Crippen LogP contribution in [0.5, 0.6) is 5.75 Å². The Morgan fingerprint density at radius 2 is 1.97 bits per heavy atom. The van der Waals surface area contributed by atoms with Gasteiger partial charge >= 0.3 is 0 Å². The number of nitrogens with one attached hydrogen (secondary N) is 1. The van der Waals surface area contributed by atoms with Gasteiger partial charge in [-0.1, -0.05) is 13.8 Å². The molecular formula is C22H29N5O2. The summed E-state index contributed by atoms with van der Waals surface area (Å²) >= 11 is 0. The fourth-order valence-electron chi connectivity index (χ4n) is 3.95. The van der Waals surface area contributed by atoms with E-state index in [1.807, 2.05) is 35.4 Å². The molecule has 7 nitrogen and oxygen atoms in total. The fraction of sp³-hybridized carbons (Fsp3) is 0.455. The summed E-state index contributed by atoms with van der Waals surface area (Å²) in [5.74, 6) is 2.41. The highest BCUT2D eigenvalue weighted by atomic mass is 16.5. The average molecular weight is 396 g/mol. The number of fused-ring (bicyclic) bond motifs is 1. The van der Waals surface area contributed by atoms with E-state index < -0.39 is 0 Å². The molecule has 1 aliphatic rings. The number of rotatable bonds is 6. The summed E-state index contributed by atoms with van der Waals surface area (Å²) in [5.41, 5.74) is 1.56. The lowest BCUT2D eigenvalue weighted by molar-refractivity contribution is 0.0628. The van der Waals surface area contributed by atoms with Gasteiger partial charge in [-0.3, -0.25) is 9.69 Å². The standard InChI is InChI=1S/C22H29N5O2/c1-16(2)21-23-6-7-26(21)11-8-25-9-12-27(13-10-25)22(28)20-14-17-4-5-18(29-3)15-19(17)24-20/h4-7,14-16,24H,8-13H2,1-3H3. The second-order valence-electron chi connectivity index (χ2n) is 7.90. The molecule has 0 spiro atoms. The molecular weight excluding hydrogens is 366 g/mol. The predicted molar refractivity (Wildman–Crippen MR) is 114 cm³/mol. The maximum atomic E-state index is 12.9. The minimum atomic E-state index is 0.0662. The lowest BCUT2D eigenvalue weighted by Gasteiger charge is -2.34. The zero-order valence-electron chi connectivity index (χ0n) is 17.4. The van der Waals surface area contributed by atoms with Crippen LogP contribution in [0.4, 0.5) is 0 Å². The van der Waals surface area contributed by atoms with Gasteiger partial charge in [0, 0.05) is 74.5 Å². The van der Waals surface area contributed by atoms with Crippen LogP contribution in [0.25, 0.3) is 10.9 Å². The Bertz CT molecular complexity index is 982. The number of methoxy groups -OCH3 is 1. The van der Waals surface area contributed by atoms with Crippen molar-refractivity contribution >= 4 is 16.8 Å². The largest absolute Gasteiger partial charge is 0.497 e. The van der Waals surface area contributed by atoms with Crippen LogP contribution in [0.15, 0.2) is 36.7 Å². The number of amides is 1. The van der Waals surface area contributed by atoms with Crippen LogP contribution in [0.2, 0.25) is 0 Å². The van der Waals surface area contributed by atoms with Gasteiger partial charge in [0.1, 0.15) is 17.3 Å². The van der Waals surface area contributed by atoms with Gasteiger partial charge in [0.05, 0.1) is 7.11 Å². The number of aromatic amines is 1. The highest BCUT2D eigenvalue weighted by Gasteiger charge is 2.23. The number of hydrogen-bond acceptors (Lipinski definition) is 4. The van der Waals surface area contributed by atoms with Gasteiger partial charge in [0.25, 0.3) is 5.91 Å².